The van der Waals surface area contributed by atoms with Gasteiger partial charge in [-0.15, -0.1) is 0 Å². The van der Waals surface area contributed by atoms with Gasteiger partial charge < -0.3 is 15.6 Å². The van der Waals surface area contributed by atoms with Crippen LogP contribution in [0, 0.1) is 9.39 Å². The van der Waals surface area contributed by atoms with Crippen LogP contribution in [0.15, 0.2) is 52.5 Å². The molecule has 0 aliphatic rings. The number of nitrogens with zero attached hydrogens (tertiary/aromatic N) is 1. The van der Waals surface area contributed by atoms with Crippen molar-refractivity contribution in [3.8, 4) is 5.75 Å². The summed E-state index contributed by atoms with van der Waals surface area (Å²) in [4.78, 5) is 13.0. The summed E-state index contributed by atoms with van der Waals surface area (Å²) >= 11 is 1.99. The van der Waals surface area contributed by atoms with Crippen molar-refractivity contribution in [2.75, 3.05) is 12.3 Å². The number of nitrogens with one attached hydrogen (secondary N) is 1. The Morgan fingerprint density at radius 1 is 1.23 bits per heavy atom. The average molecular weight is 506 g/mol. The largest absolute Gasteiger partial charge is 0.507 e. The molecule has 2 rings (SSSR count). The first kappa shape index (κ1) is 20.8. The summed E-state index contributed by atoms with van der Waals surface area (Å²) in [5.41, 5.74) is 0.763. The van der Waals surface area contributed by atoms with E-state index in [2.05, 4.69) is 10.5 Å². The molecular formula is C17H16FIN2O3S2. The van der Waals surface area contributed by atoms with Crippen LogP contribution in [0.25, 0.3) is 0 Å². The van der Waals surface area contributed by atoms with Gasteiger partial charge in [0.2, 0.25) is 0 Å². The molecule has 2 aromatic carbocycles. The lowest BCUT2D eigenvalue weighted by atomic mass is 10.1. The number of benzene rings is 2. The molecular weight excluding hydrogens is 490 g/mol. The average Bonchev–Trinajstić information content (AvgIpc) is 2.63. The van der Waals surface area contributed by atoms with Gasteiger partial charge in [-0.1, -0.05) is 32.8 Å². The zero-order chi connectivity index (χ0) is 18.9. The minimum absolute atomic E-state index is 0.00248. The molecule has 0 aromatic heterocycles. The number of carbonyl (C=O) groups is 1. The van der Waals surface area contributed by atoms with E-state index in [1.165, 1.54) is 39.8 Å². The third-order valence-electron chi connectivity index (χ3n) is 3.21. The molecule has 138 valence electrons. The summed E-state index contributed by atoms with van der Waals surface area (Å²) in [7, 11) is 3.02. The Labute approximate surface area is 172 Å². The van der Waals surface area contributed by atoms with E-state index in [0.29, 0.717) is 15.9 Å². The Morgan fingerprint density at radius 2 is 1.96 bits per heavy atom. The number of oxime groups is 1. The minimum Gasteiger partial charge on any atom is -0.507 e. The van der Waals surface area contributed by atoms with Crippen LogP contribution in [0.1, 0.15) is 5.56 Å². The summed E-state index contributed by atoms with van der Waals surface area (Å²) in [6, 6.07) is 11.1. The normalized spacial score (nSPS) is 11.4. The van der Waals surface area contributed by atoms with Crippen molar-refractivity contribution in [1.29, 1.82) is 0 Å². The lowest BCUT2D eigenvalue weighted by molar-refractivity contribution is -0.114. The van der Waals surface area contributed by atoms with Crippen molar-refractivity contribution in [1.82, 2.24) is 5.32 Å². The first-order valence-electron chi connectivity index (χ1n) is 7.51. The standard InChI is InChI=1S/C17H16FIN2O3S2/c18-12-2-4-13(5-3-12)26-25-8-7-20-17(23)15(21-24)10-11-1-6-16(22)14(19)9-11/h1-6,9,22,24H,7-8,10H2,(H,20,23)/b21-15+. The molecule has 2 aromatic rings. The van der Waals surface area contributed by atoms with Gasteiger partial charge in [0, 0.05) is 23.6 Å². The number of phenolic OH excluding ortho intramolecular Hbond substituents is 1. The van der Waals surface area contributed by atoms with Gasteiger partial charge >= 0.3 is 0 Å². The Bertz CT molecular complexity index is 788. The highest BCUT2D eigenvalue weighted by Crippen LogP contribution is 2.30. The van der Waals surface area contributed by atoms with Gasteiger partial charge in [-0.05, 0) is 64.6 Å². The fourth-order valence-electron chi connectivity index (χ4n) is 1.92. The number of carbonyl (C=O) groups excluding carboxylic acids is 1. The van der Waals surface area contributed by atoms with Crippen LogP contribution in [0.4, 0.5) is 4.39 Å². The Kier molecular flexibility index (Phi) is 8.52. The zero-order valence-electron chi connectivity index (χ0n) is 13.5. The van der Waals surface area contributed by atoms with E-state index < -0.39 is 5.91 Å². The summed E-state index contributed by atoms with van der Waals surface area (Å²) in [6.07, 6.45) is 0.163. The van der Waals surface area contributed by atoms with Crippen molar-refractivity contribution in [2.24, 2.45) is 5.16 Å². The molecule has 0 bridgehead atoms. The van der Waals surface area contributed by atoms with E-state index in [1.54, 1.807) is 24.3 Å². The van der Waals surface area contributed by atoms with E-state index >= 15 is 0 Å². The van der Waals surface area contributed by atoms with Crippen LogP contribution in [-0.4, -0.2) is 34.2 Å². The van der Waals surface area contributed by atoms with Gasteiger partial charge in [0.25, 0.3) is 5.91 Å². The van der Waals surface area contributed by atoms with Gasteiger partial charge in [-0.2, -0.15) is 0 Å². The molecule has 0 heterocycles. The number of hydrogen-bond donors (Lipinski definition) is 3. The molecule has 0 atom stereocenters. The van der Waals surface area contributed by atoms with E-state index in [-0.39, 0.29) is 23.7 Å². The Hall–Kier alpha value is -1.46. The molecule has 9 heteroatoms. The Morgan fingerprint density at radius 3 is 2.62 bits per heavy atom. The maximum absolute atomic E-state index is 12.8. The second-order valence-corrected chi connectivity index (χ2v) is 8.78. The van der Waals surface area contributed by atoms with Gasteiger partial charge in [-0.3, -0.25) is 4.79 Å². The topological polar surface area (TPSA) is 81.9 Å². The summed E-state index contributed by atoms with van der Waals surface area (Å²) in [5, 5.41) is 24.4. The highest BCUT2D eigenvalue weighted by Gasteiger charge is 2.13. The van der Waals surface area contributed by atoms with Crippen molar-refractivity contribution in [3.63, 3.8) is 0 Å². The summed E-state index contributed by atoms with van der Waals surface area (Å²) < 4.78 is 13.5. The zero-order valence-corrected chi connectivity index (χ0v) is 17.3. The first-order valence-corrected chi connectivity index (χ1v) is 10.9. The van der Waals surface area contributed by atoms with Gasteiger partial charge in [0.05, 0.1) is 3.57 Å². The second-order valence-electron chi connectivity index (χ2n) is 5.12. The lowest BCUT2D eigenvalue weighted by Gasteiger charge is -2.07. The fourth-order valence-corrected chi connectivity index (χ4v) is 4.40. The monoisotopic (exact) mass is 506 g/mol. The van der Waals surface area contributed by atoms with Crippen LogP contribution < -0.4 is 5.32 Å². The SMILES string of the molecule is O=C(NCCSSc1ccc(F)cc1)/C(Cc1ccc(O)c(I)c1)=N/O. The molecule has 0 saturated heterocycles. The van der Waals surface area contributed by atoms with E-state index in [0.717, 1.165) is 10.5 Å². The van der Waals surface area contributed by atoms with Gasteiger partial charge in [0.15, 0.2) is 0 Å². The van der Waals surface area contributed by atoms with Crippen LogP contribution >= 0.6 is 44.2 Å². The highest BCUT2D eigenvalue weighted by molar-refractivity contribution is 14.1. The van der Waals surface area contributed by atoms with Crippen LogP contribution in [0.2, 0.25) is 0 Å². The third kappa shape index (κ3) is 6.69. The molecule has 26 heavy (non-hydrogen) atoms. The van der Waals surface area contributed by atoms with Crippen LogP contribution in [0.3, 0.4) is 0 Å². The molecule has 0 unspecified atom stereocenters. The van der Waals surface area contributed by atoms with Gasteiger partial charge in [-0.25, -0.2) is 4.39 Å². The van der Waals surface area contributed by atoms with E-state index in [4.69, 9.17) is 5.21 Å². The first-order chi connectivity index (χ1) is 12.5. The molecule has 0 spiro atoms. The minimum atomic E-state index is -0.442. The van der Waals surface area contributed by atoms with E-state index in [1.807, 2.05) is 22.6 Å². The molecule has 0 saturated carbocycles. The van der Waals surface area contributed by atoms with Crippen LogP contribution in [0.5, 0.6) is 5.75 Å². The lowest BCUT2D eigenvalue weighted by Crippen LogP contribution is -2.33. The maximum atomic E-state index is 12.8. The maximum Gasteiger partial charge on any atom is 0.269 e. The molecule has 0 fully saturated rings. The Balaban J connectivity index is 1.74. The molecule has 1 amide bonds. The van der Waals surface area contributed by atoms with Crippen molar-refractivity contribution in [2.45, 2.75) is 11.3 Å². The molecule has 5 nitrogen and oxygen atoms in total. The smallest absolute Gasteiger partial charge is 0.269 e. The van der Waals surface area contributed by atoms with E-state index in [9.17, 15) is 14.3 Å². The second kappa shape index (κ2) is 10.6. The molecule has 0 aliphatic heterocycles. The number of rotatable bonds is 8. The molecule has 3 N–H and O–H groups in total. The molecule has 0 radical (unpaired) electrons. The fraction of sp³-hybridized carbons (Fsp3) is 0.176. The quantitative estimate of drug-likeness (QED) is 0.126. The number of halogens is 2. The van der Waals surface area contributed by atoms with Crippen molar-refractivity contribution < 1.29 is 19.5 Å². The predicted octanol–water partition coefficient (Wildman–Crippen LogP) is 4.07. The van der Waals surface area contributed by atoms with Gasteiger partial charge in [0.1, 0.15) is 17.3 Å². The summed E-state index contributed by atoms with van der Waals surface area (Å²) in [6.45, 7) is 0.407. The third-order valence-corrected chi connectivity index (χ3v) is 6.45. The predicted molar refractivity (Wildman–Crippen MR) is 111 cm³/mol. The van der Waals surface area contributed by atoms with Crippen molar-refractivity contribution in [3.05, 3.63) is 57.4 Å². The number of amides is 1. The number of aromatic hydroxyl groups is 1. The van der Waals surface area contributed by atoms with Crippen LogP contribution in [-0.2, 0) is 11.2 Å². The van der Waals surface area contributed by atoms with Crippen molar-refractivity contribution >= 4 is 55.8 Å². The summed E-state index contributed by atoms with van der Waals surface area (Å²) in [5.74, 6) is 0.0922. The highest BCUT2D eigenvalue weighted by atomic mass is 127. The number of phenols is 1. The molecule has 0 aliphatic carbocycles. The number of hydrogen-bond acceptors (Lipinski definition) is 6.